The number of hydrogen-bond donors (Lipinski definition) is 1. The summed E-state index contributed by atoms with van der Waals surface area (Å²) in [5.74, 6) is 2.37. The van der Waals surface area contributed by atoms with Crippen LogP contribution in [0.4, 0.5) is 5.69 Å². The van der Waals surface area contributed by atoms with Crippen LogP contribution in [0.3, 0.4) is 0 Å². The van der Waals surface area contributed by atoms with Crippen molar-refractivity contribution in [2.24, 2.45) is 0 Å². The molecule has 0 aliphatic rings. The second kappa shape index (κ2) is 12.5. The predicted molar refractivity (Wildman–Crippen MR) is 112 cm³/mol. The molecule has 7 heteroatoms. The van der Waals surface area contributed by atoms with Crippen molar-refractivity contribution >= 4 is 30.5 Å². The van der Waals surface area contributed by atoms with E-state index in [2.05, 4.69) is 18.0 Å². The highest BCUT2D eigenvalue weighted by molar-refractivity contribution is 5.85. The lowest BCUT2D eigenvalue weighted by Gasteiger charge is -2.17. The average molecular weight is 403 g/mol. The molecule has 0 bridgehead atoms. The minimum atomic E-state index is 0. The first-order valence-corrected chi connectivity index (χ1v) is 8.00. The summed E-state index contributed by atoms with van der Waals surface area (Å²) in [5, 5.41) is 0. The molecule has 0 aliphatic carbocycles. The van der Waals surface area contributed by atoms with Gasteiger partial charge in [-0.3, -0.25) is 0 Å². The van der Waals surface area contributed by atoms with Crippen LogP contribution >= 0.6 is 24.8 Å². The predicted octanol–water partition coefficient (Wildman–Crippen LogP) is 3.68. The summed E-state index contributed by atoms with van der Waals surface area (Å²) in [5.41, 5.74) is 7.62. The van der Waals surface area contributed by atoms with E-state index < -0.39 is 0 Å². The van der Waals surface area contributed by atoms with Crippen molar-refractivity contribution < 1.29 is 14.2 Å². The fourth-order valence-corrected chi connectivity index (χ4v) is 2.35. The van der Waals surface area contributed by atoms with Crippen LogP contribution in [0.5, 0.6) is 17.2 Å². The van der Waals surface area contributed by atoms with Crippen molar-refractivity contribution in [2.45, 2.75) is 6.42 Å². The third-order valence-electron chi connectivity index (χ3n) is 3.85. The third kappa shape index (κ3) is 7.60. The normalized spacial score (nSPS) is 9.85. The Morgan fingerprint density at radius 2 is 1.54 bits per heavy atom. The fraction of sp³-hybridized carbons (Fsp3) is 0.368. The molecule has 5 nitrogen and oxygen atoms in total. The van der Waals surface area contributed by atoms with Gasteiger partial charge in [0, 0.05) is 18.8 Å². The first kappa shape index (κ1) is 24.2. The largest absolute Gasteiger partial charge is 0.493 e. The minimum Gasteiger partial charge on any atom is -0.493 e. The van der Waals surface area contributed by atoms with Crippen molar-refractivity contribution in [2.75, 3.05) is 46.7 Å². The number of anilines is 1. The summed E-state index contributed by atoms with van der Waals surface area (Å²) < 4.78 is 16.3. The molecular formula is C19H28Cl2N2O3. The van der Waals surface area contributed by atoms with Gasteiger partial charge >= 0.3 is 0 Å². The summed E-state index contributed by atoms with van der Waals surface area (Å²) in [6.45, 7) is 2.45. The molecular weight excluding hydrogens is 375 g/mol. The number of nitrogens with zero attached hydrogens (tertiary/aromatic N) is 1. The topological polar surface area (TPSA) is 57.0 Å². The summed E-state index contributed by atoms with van der Waals surface area (Å²) in [6, 6.07) is 13.5. The quantitative estimate of drug-likeness (QED) is 0.648. The molecule has 2 N–H and O–H groups in total. The van der Waals surface area contributed by atoms with E-state index in [0.717, 1.165) is 42.4 Å². The van der Waals surface area contributed by atoms with Gasteiger partial charge in [0.2, 0.25) is 0 Å². The molecule has 0 atom stereocenters. The zero-order valence-electron chi connectivity index (χ0n) is 15.4. The van der Waals surface area contributed by atoms with E-state index in [4.69, 9.17) is 19.9 Å². The molecule has 146 valence electrons. The van der Waals surface area contributed by atoms with E-state index in [-0.39, 0.29) is 24.8 Å². The van der Waals surface area contributed by atoms with Gasteiger partial charge in [-0.05, 0) is 55.4 Å². The van der Waals surface area contributed by atoms with Crippen molar-refractivity contribution in [1.29, 1.82) is 0 Å². The minimum absolute atomic E-state index is 0. The van der Waals surface area contributed by atoms with Gasteiger partial charge in [-0.1, -0.05) is 6.07 Å². The lowest BCUT2D eigenvalue weighted by molar-refractivity contribution is 0.239. The lowest BCUT2D eigenvalue weighted by atomic mass is 10.1. The third-order valence-corrected chi connectivity index (χ3v) is 3.85. The van der Waals surface area contributed by atoms with Crippen LogP contribution in [-0.4, -0.2) is 45.9 Å². The molecule has 2 aromatic rings. The molecule has 0 radical (unpaired) electrons. The summed E-state index contributed by atoms with van der Waals surface area (Å²) in [6.07, 6.45) is 0.943. The molecule has 0 saturated heterocycles. The number of nitrogens with two attached hydrogens (primary N) is 1. The number of rotatable bonds is 9. The van der Waals surface area contributed by atoms with E-state index in [9.17, 15) is 0 Å². The molecule has 0 amide bonds. The summed E-state index contributed by atoms with van der Waals surface area (Å²) in [4.78, 5) is 2.24. The standard InChI is InChI=1S/C19H26N2O3.2ClH/c1-21(12-13-24-17-7-5-16(20)6-8-17)11-10-15-4-9-18(22-2)19(14-15)23-3;;/h4-9,14H,10-13,20H2,1-3H3;2*1H. The molecule has 0 aromatic heterocycles. The molecule has 2 aromatic carbocycles. The van der Waals surface area contributed by atoms with Gasteiger partial charge in [0.05, 0.1) is 14.2 Å². The Morgan fingerprint density at radius 3 is 2.15 bits per heavy atom. The molecule has 0 unspecified atom stereocenters. The molecule has 0 heterocycles. The summed E-state index contributed by atoms with van der Waals surface area (Å²) >= 11 is 0. The van der Waals surface area contributed by atoms with Crippen molar-refractivity contribution in [1.82, 2.24) is 4.90 Å². The highest BCUT2D eigenvalue weighted by Crippen LogP contribution is 2.27. The number of halogens is 2. The molecule has 0 aliphatic heterocycles. The molecule has 0 fully saturated rings. The number of hydrogen-bond acceptors (Lipinski definition) is 5. The molecule has 0 spiro atoms. The Bertz CT molecular complexity index is 639. The Morgan fingerprint density at radius 1 is 0.885 bits per heavy atom. The van der Waals surface area contributed by atoms with Crippen LogP contribution in [0.2, 0.25) is 0 Å². The fourth-order valence-electron chi connectivity index (χ4n) is 2.35. The van der Waals surface area contributed by atoms with E-state index in [1.807, 2.05) is 36.4 Å². The SMILES string of the molecule is COc1ccc(CCN(C)CCOc2ccc(N)cc2)cc1OC.Cl.Cl. The average Bonchev–Trinajstić information content (AvgIpc) is 2.61. The Balaban J connectivity index is 0.00000312. The number of ether oxygens (including phenoxy) is 3. The second-order valence-electron chi connectivity index (χ2n) is 5.66. The van der Waals surface area contributed by atoms with Gasteiger partial charge in [-0.2, -0.15) is 0 Å². The van der Waals surface area contributed by atoms with E-state index in [0.29, 0.717) is 6.61 Å². The summed E-state index contributed by atoms with van der Waals surface area (Å²) in [7, 11) is 5.39. The highest BCUT2D eigenvalue weighted by atomic mass is 35.5. The maximum absolute atomic E-state index is 5.72. The Labute approximate surface area is 168 Å². The van der Waals surface area contributed by atoms with Crippen LogP contribution < -0.4 is 19.9 Å². The van der Waals surface area contributed by atoms with Crippen molar-refractivity contribution in [3.8, 4) is 17.2 Å². The Kier molecular flexibility index (Phi) is 11.6. The van der Waals surface area contributed by atoms with Gasteiger partial charge in [-0.15, -0.1) is 24.8 Å². The van der Waals surface area contributed by atoms with Gasteiger partial charge in [0.25, 0.3) is 0 Å². The Hall–Kier alpha value is -1.82. The number of nitrogen functional groups attached to an aromatic ring is 1. The smallest absolute Gasteiger partial charge is 0.160 e. The zero-order valence-corrected chi connectivity index (χ0v) is 17.1. The number of methoxy groups -OCH3 is 2. The maximum atomic E-state index is 5.72. The van der Waals surface area contributed by atoms with Gasteiger partial charge in [0.1, 0.15) is 12.4 Å². The zero-order chi connectivity index (χ0) is 17.4. The monoisotopic (exact) mass is 402 g/mol. The lowest BCUT2D eigenvalue weighted by Crippen LogP contribution is -2.26. The molecule has 0 saturated carbocycles. The van der Waals surface area contributed by atoms with Crippen molar-refractivity contribution in [3.63, 3.8) is 0 Å². The molecule has 26 heavy (non-hydrogen) atoms. The van der Waals surface area contributed by atoms with Crippen LogP contribution in [0.1, 0.15) is 5.56 Å². The van der Waals surface area contributed by atoms with Gasteiger partial charge in [0.15, 0.2) is 11.5 Å². The van der Waals surface area contributed by atoms with Crippen LogP contribution in [0.25, 0.3) is 0 Å². The van der Waals surface area contributed by atoms with Crippen LogP contribution in [0.15, 0.2) is 42.5 Å². The van der Waals surface area contributed by atoms with Gasteiger partial charge < -0.3 is 24.8 Å². The van der Waals surface area contributed by atoms with Gasteiger partial charge in [-0.25, -0.2) is 0 Å². The second-order valence-corrected chi connectivity index (χ2v) is 5.66. The highest BCUT2D eigenvalue weighted by Gasteiger charge is 2.06. The number of benzene rings is 2. The van der Waals surface area contributed by atoms with Crippen LogP contribution in [0, 0.1) is 0 Å². The van der Waals surface area contributed by atoms with E-state index in [1.54, 1.807) is 14.2 Å². The van der Waals surface area contributed by atoms with E-state index >= 15 is 0 Å². The van der Waals surface area contributed by atoms with Crippen LogP contribution in [-0.2, 0) is 6.42 Å². The first-order chi connectivity index (χ1) is 11.6. The first-order valence-electron chi connectivity index (χ1n) is 8.00. The van der Waals surface area contributed by atoms with Crippen molar-refractivity contribution in [3.05, 3.63) is 48.0 Å². The number of likely N-dealkylation sites (N-methyl/N-ethyl adjacent to an activating group) is 1. The molecule has 2 rings (SSSR count). The maximum Gasteiger partial charge on any atom is 0.160 e. The van der Waals surface area contributed by atoms with E-state index in [1.165, 1.54) is 5.56 Å².